The van der Waals surface area contributed by atoms with Gasteiger partial charge in [0, 0.05) is 148 Å². The first kappa shape index (κ1) is 109. The molecule has 32 nitrogen and oxygen atoms in total. The highest BCUT2D eigenvalue weighted by molar-refractivity contribution is 7.18. The van der Waals surface area contributed by atoms with Crippen molar-refractivity contribution in [1.82, 2.24) is 80.7 Å². The minimum atomic E-state index is -1.05. The molecule has 12 N–H and O–H groups in total. The van der Waals surface area contributed by atoms with Crippen molar-refractivity contribution >= 4 is 116 Å². The molecule has 36 heteroatoms. The van der Waals surface area contributed by atoms with Gasteiger partial charge in [0.05, 0.1) is 41.9 Å². The average Bonchev–Trinajstić information content (AvgIpc) is 1.60. The predicted octanol–water partition coefficient (Wildman–Crippen LogP) is 16.8. The third kappa shape index (κ3) is 30.2. The highest BCUT2D eigenvalue weighted by atomic mass is 32.1. The molecule has 137 heavy (non-hydrogen) atoms. The van der Waals surface area contributed by atoms with Crippen molar-refractivity contribution in [2.75, 3.05) is 80.2 Å². The molecule has 5 aliphatic heterocycles. The quantitative estimate of drug-likeness (QED) is 0.0199. The summed E-state index contributed by atoms with van der Waals surface area (Å²) in [7, 11) is 0. The van der Waals surface area contributed by atoms with E-state index >= 15 is 0 Å². The zero-order valence-electron chi connectivity index (χ0n) is 85.2. The number of carbonyl (C=O) groups is 8. The normalized spacial score (nSPS) is 17.6. The van der Waals surface area contributed by atoms with Crippen LogP contribution in [-0.4, -0.2) is 250 Å². The number of likely N-dealkylation sites (tertiary alicyclic amines) is 3. The number of amides is 8. The molecule has 5 saturated heterocycles. The maximum Gasteiger partial charge on any atom is 0.280 e. The van der Waals surface area contributed by atoms with Crippen LogP contribution in [0, 0.1) is 38.5 Å². The average molecular weight is 1960 g/mol. The van der Waals surface area contributed by atoms with Gasteiger partial charge in [-0.25, -0.2) is 39.9 Å². The molecule has 748 valence electrons. The number of hydrogen-bond donors (Lipinski definition) is 12. The Hall–Kier alpha value is -10.1. The van der Waals surface area contributed by atoms with E-state index in [9.17, 15) is 58.8 Å². The summed E-state index contributed by atoms with van der Waals surface area (Å²) < 4.78 is 0. The maximum absolute atomic E-state index is 13.7. The zero-order valence-corrected chi connectivity index (χ0v) is 88.5. The summed E-state index contributed by atoms with van der Waals surface area (Å²) in [6.07, 6.45) is 19.9. The van der Waals surface area contributed by atoms with Gasteiger partial charge in [0.2, 0.25) is 0 Å². The van der Waals surface area contributed by atoms with Gasteiger partial charge in [0.15, 0.2) is 20.0 Å². The molecule has 8 aromatic rings. The van der Waals surface area contributed by atoms with Crippen LogP contribution in [0.4, 0.5) is 23.3 Å². The Morgan fingerprint density at radius 1 is 0.387 bits per heavy atom. The molecule has 5 fully saturated rings. The van der Waals surface area contributed by atoms with Gasteiger partial charge in [-0.15, -0.1) is 45.3 Å². The molecule has 13 heterocycles. The second-order valence-corrected chi connectivity index (χ2v) is 46.9. The van der Waals surface area contributed by atoms with Crippen molar-refractivity contribution in [1.29, 1.82) is 0 Å². The fraction of sp³-hybridized carbons (Fsp3) is 0.604. The summed E-state index contributed by atoms with van der Waals surface area (Å²) >= 11 is 4.77. The number of nitrogens with zero attached hydrogens (tertiary/aromatic N) is 12. The Balaban J connectivity index is 0.000000189. The Morgan fingerprint density at radius 3 is 0.934 bits per heavy atom. The molecular formula is C101H148N20O12S4. The predicted molar refractivity (Wildman–Crippen MR) is 548 cm³/mol. The number of hydrogen-bond acceptors (Lipinski definition) is 28. The van der Waals surface area contributed by atoms with Crippen LogP contribution in [0.1, 0.15) is 339 Å². The van der Waals surface area contributed by atoms with Crippen molar-refractivity contribution in [2.45, 2.75) is 328 Å². The molecule has 0 unspecified atom stereocenters. The topological polar surface area (TPSA) is 430 Å². The van der Waals surface area contributed by atoms with Gasteiger partial charge in [-0.05, 0) is 265 Å². The van der Waals surface area contributed by atoms with Crippen LogP contribution in [0.3, 0.4) is 0 Å². The summed E-state index contributed by atoms with van der Waals surface area (Å²) in [5, 5.41) is 65.1. The largest absolute Gasteiger partial charge is 0.389 e. The Morgan fingerprint density at radius 2 is 0.664 bits per heavy atom. The molecule has 0 saturated carbocycles. The molecule has 8 amide bonds. The lowest BCUT2D eigenvalue weighted by Crippen LogP contribution is -2.42. The van der Waals surface area contributed by atoms with Crippen LogP contribution >= 0.6 is 45.3 Å². The summed E-state index contributed by atoms with van der Waals surface area (Å²) in [6.45, 7) is 54.5. The number of rotatable bonds is 30. The van der Waals surface area contributed by atoms with Gasteiger partial charge in [-0.3, -0.25) is 38.4 Å². The van der Waals surface area contributed by atoms with E-state index in [4.69, 9.17) is 0 Å². The van der Waals surface area contributed by atoms with Crippen LogP contribution < -0.4 is 42.5 Å². The van der Waals surface area contributed by atoms with E-state index in [1.165, 1.54) is 45.3 Å². The smallest absolute Gasteiger partial charge is 0.280 e. The molecule has 5 aliphatic rings. The Labute approximate surface area is 824 Å². The molecule has 13 rings (SSSR count). The van der Waals surface area contributed by atoms with Gasteiger partial charge >= 0.3 is 0 Å². The van der Waals surface area contributed by atoms with E-state index in [-0.39, 0.29) is 133 Å². The summed E-state index contributed by atoms with van der Waals surface area (Å²) in [5.41, 5.74) is 4.12. The second-order valence-electron chi connectivity index (χ2n) is 42.9. The Kier molecular flexibility index (Phi) is 36.1. The van der Waals surface area contributed by atoms with Crippen molar-refractivity contribution in [3.05, 3.63) is 114 Å². The van der Waals surface area contributed by atoms with Crippen LogP contribution in [0.5, 0.6) is 0 Å². The molecular weight excluding hydrogens is 1810 g/mol. The number of aromatic nitrogens is 8. The van der Waals surface area contributed by atoms with E-state index in [1.807, 2.05) is 85.4 Å². The first-order valence-corrected chi connectivity index (χ1v) is 51.4. The fourth-order valence-corrected chi connectivity index (χ4v) is 20.3. The molecule has 0 aliphatic carbocycles. The number of nitrogens with one attached hydrogen (secondary N) is 8. The van der Waals surface area contributed by atoms with Gasteiger partial charge in [-0.1, -0.05) is 55.4 Å². The summed E-state index contributed by atoms with van der Waals surface area (Å²) in [4.78, 5) is 152. The molecule has 0 radical (unpaired) electrons. The summed E-state index contributed by atoms with van der Waals surface area (Å²) in [5.74, 6) is 0.908. The monoisotopic (exact) mass is 1960 g/mol. The first-order valence-electron chi connectivity index (χ1n) is 48.1. The lowest BCUT2D eigenvalue weighted by atomic mass is 9.97. The number of carbonyl (C=O) groups excluding carboxylic acids is 8. The maximum atomic E-state index is 13.7. The van der Waals surface area contributed by atoms with Crippen molar-refractivity contribution < 1.29 is 58.8 Å². The highest BCUT2D eigenvalue weighted by Crippen LogP contribution is 2.44. The third-order valence-electron chi connectivity index (χ3n) is 24.6. The lowest BCUT2D eigenvalue weighted by Gasteiger charge is -2.33. The van der Waals surface area contributed by atoms with E-state index in [1.54, 1.807) is 80.2 Å². The minimum Gasteiger partial charge on any atom is -0.389 e. The number of piperidine rings is 1. The molecule has 0 spiro atoms. The van der Waals surface area contributed by atoms with Crippen LogP contribution in [0.2, 0.25) is 0 Å². The van der Waals surface area contributed by atoms with E-state index in [0.29, 0.717) is 50.9 Å². The summed E-state index contributed by atoms with van der Waals surface area (Å²) in [6, 6.07) is 9.09. The van der Waals surface area contributed by atoms with Crippen molar-refractivity contribution in [3.8, 4) is 41.8 Å². The van der Waals surface area contributed by atoms with Gasteiger partial charge in [0.1, 0.15) is 46.0 Å². The van der Waals surface area contributed by atoms with Crippen LogP contribution in [0.15, 0.2) is 49.1 Å². The fourth-order valence-electron chi connectivity index (χ4n) is 16.1. The third-order valence-corrected chi connectivity index (χ3v) is 28.9. The number of aliphatic hydroxyl groups is 4. The number of thiazole rings is 4. The molecule has 4 atom stereocenters. The lowest BCUT2D eigenvalue weighted by molar-refractivity contribution is 0.0628. The Bertz CT molecular complexity index is 5580. The van der Waals surface area contributed by atoms with Crippen molar-refractivity contribution in [3.63, 3.8) is 0 Å². The standard InChI is InChI=1S/C26H37N5O3S.C26H39N5O3S.C25H37N5O3S.C24H35N5O3S/c1-7-25(3,4)30-19-12-15(2)18(13-27-19)21-20(24(33)31-16-8-9-17(31)11-10-16)29-23(35-21)22(32)28-14-26(5,6)34;1-16-12-19(28-14-25(3,4)5)27-13-18(16)21-20(24(33)31-11-9-8-10-17(31)2)30-23(35-21)22(32)29-15-26(6,7)34;1-15-11-18(27-13-24(3,4)5)26-12-17(15)20-19(23(32)30-10-8-9-16(30)2)29-22(34-20)21(31)28-14-25(6,7)33;1-7-15(3)27-18-11-14(2)17(12-25-18)20-19(23(31)29-10-8-9-16(29)4)28-22(33-20)21(30)26-13-24(5,6)32/h12-13,16-17,34H,7-11,14H2,1-6H3,(H,27,30)(H,28,32);12-13,17,34H,8-11,14-15H2,1-7H3,(H,27,28)(H,29,32);11-12,16,33H,8-10,13-14H2,1-7H3,(H,26,27)(H,28,31);11-12,15-16,32H,7-10,13H2,1-6H3,(H,25,27)(H,26,30)/t;17-;16-;15-,16+/m.001/s1. The van der Waals surface area contributed by atoms with Crippen LogP contribution in [0.25, 0.3) is 41.8 Å². The SMILES string of the molecule is CCC(C)(C)Nc1cc(C)c(-c2sc(C(=O)NCC(C)(C)O)nc2C(=O)N2C3CCC2CC3)cn1.CC[C@@H](C)Nc1cc(C)c(-c2sc(C(=O)NCC(C)(C)O)nc2C(=O)N2CCC[C@@H]2C)cn1.Cc1cc(NCC(C)(C)C)ncc1-c1sc(C(=O)NCC(C)(C)O)nc1C(=O)N1CCCC[C@@H]1C.Cc1cc(NCC(C)(C)C)ncc1-c1sc(C(=O)NCC(C)(C)O)nc1C(=O)N1CCC[C@@H]1C. The minimum absolute atomic E-state index is 0.0852. The van der Waals surface area contributed by atoms with Crippen LogP contribution in [-0.2, 0) is 0 Å². The van der Waals surface area contributed by atoms with Gasteiger partial charge < -0.3 is 82.6 Å². The van der Waals surface area contributed by atoms with Gasteiger partial charge in [0.25, 0.3) is 47.3 Å². The number of aryl methyl sites for hydroxylation is 4. The molecule has 8 aromatic heterocycles. The number of pyridine rings is 4. The molecule has 0 aromatic carbocycles. The van der Waals surface area contributed by atoms with E-state index < -0.39 is 46.0 Å². The second kappa shape index (κ2) is 45.5. The van der Waals surface area contributed by atoms with E-state index in [2.05, 4.69) is 165 Å². The first-order chi connectivity index (χ1) is 63.9. The van der Waals surface area contributed by atoms with E-state index in [0.717, 1.165) is 164 Å². The molecule has 2 bridgehead atoms. The van der Waals surface area contributed by atoms with Gasteiger partial charge in [-0.2, -0.15) is 0 Å². The highest BCUT2D eigenvalue weighted by Gasteiger charge is 2.45. The number of fused-ring (bicyclic) bond motifs is 2. The van der Waals surface area contributed by atoms with Crippen molar-refractivity contribution in [2.24, 2.45) is 10.8 Å². The zero-order chi connectivity index (χ0) is 101. The number of anilines is 4.